The molecular formula is C18H20N4O4S. The number of morpholine rings is 1. The Kier molecular flexibility index (Phi) is 5.33. The van der Waals surface area contributed by atoms with Gasteiger partial charge in [-0.15, -0.1) is 11.3 Å². The Morgan fingerprint density at radius 2 is 2.15 bits per heavy atom. The first kappa shape index (κ1) is 17.9. The van der Waals surface area contributed by atoms with Crippen LogP contribution < -0.4 is 15.4 Å². The van der Waals surface area contributed by atoms with Crippen LogP contribution in [0.2, 0.25) is 0 Å². The number of para-hydroxylation sites is 2. The van der Waals surface area contributed by atoms with Crippen molar-refractivity contribution in [1.82, 2.24) is 9.88 Å². The van der Waals surface area contributed by atoms with Crippen LogP contribution in [0.5, 0.6) is 5.75 Å². The number of hydrogen-bond acceptors (Lipinski definition) is 7. The number of ether oxygens (including phenoxy) is 2. The van der Waals surface area contributed by atoms with Gasteiger partial charge < -0.3 is 20.1 Å². The van der Waals surface area contributed by atoms with Gasteiger partial charge in [-0.25, -0.2) is 4.98 Å². The van der Waals surface area contributed by atoms with Crippen LogP contribution in [0.1, 0.15) is 12.1 Å². The molecule has 1 aromatic heterocycles. The number of aromatic nitrogens is 1. The predicted octanol–water partition coefficient (Wildman–Crippen LogP) is 1.70. The summed E-state index contributed by atoms with van der Waals surface area (Å²) in [6.45, 7) is 3.98. The third-order valence-electron chi connectivity index (χ3n) is 4.36. The second-order valence-electron chi connectivity index (χ2n) is 6.38. The SMILES string of the molecule is O=C(CC1Oc2ccccc2NC1=O)Nc1nc(CN2CCOCC2)cs1. The largest absolute Gasteiger partial charge is 0.478 e. The van der Waals surface area contributed by atoms with Gasteiger partial charge in [0.15, 0.2) is 11.2 Å². The number of fused-ring (bicyclic) bond motifs is 1. The fourth-order valence-electron chi connectivity index (χ4n) is 2.99. The third kappa shape index (κ3) is 4.44. The van der Waals surface area contributed by atoms with Gasteiger partial charge in [-0.1, -0.05) is 12.1 Å². The molecule has 0 spiro atoms. The number of benzene rings is 1. The van der Waals surface area contributed by atoms with Gasteiger partial charge in [0.1, 0.15) is 5.75 Å². The average molecular weight is 388 g/mol. The molecule has 2 aliphatic heterocycles. The molecule has 142 valence electrons. The summed E-state index contributed by atoms with van der Waals surface area (Å²) in [4.78, 5) is 31.2. The Morgan fingerprint density at radius 1 is 1.33 bits per heavy atom. The van der Waals surface area contributed by atoms with Gasteiger partial charge in [0, 0.05) is 25.0 Å². The molecule has 4 rings (SSSR count). The molecule has 0 radical (unpaired) electrons. The topological polar surface area (TPSA) is 92.8 Å². The molecule has 8 nitrogen and oxygen atoms in total. The highest BCUT2D eigenvalue weighted by atomic mass is 32.1. The van der Waals surface area contributed by atoms with Gasteiger partial charge in [-0.05, 0) is 12.1 Å². The summed E-state index contributed by atoms with van der Waals surface area (Å²) in [7, 11) is 0. The molecule has 0 bridgehead atoms. The lowest BCUT2D eigenvalue weighted by molar-refractivity contribution is -0.128. The van der Waals surface area contributed by atoms with E-state index in [1.54, 1.807) is 12.1 Å². The van der Waals surface area contributed by atoms with Gasteiger partial charge >= 0.3 is 0 Å². The second-order valence-corrected chi connectivity index (χ2v) is 7.23. The van der Waals surface area contributed by atoms with E-state index in [1.807, 2.05) is 17.5 Å². The number of nitrogens with zero attached hydrogens (tertiary/aromatic N) is 2. The minimum atomic E-state index is -0.854. The summed E-state index contributed by atoms with van der Waals surface area (Å²) in [5.74, 6) is -0.0604. The van der Waals surface area contributed by atoms with Crippen molar-refractivity contribution in [3.8, 4) is 5.75 Å². The highest BCUT2D eigenvalue weighted by Gasteiger charge is 2.29. The van der Waals surface area contributed by atoms with Crippen molar-refractivity contribution in [3.63, 3.8) is 0 Å². The van der Waals surface area contributed by atoms with E-state index < -0.39 is 6.10 Å². The summed E-state index contributed by atoms with van der Waals surface area (Å²) >= 11 is 1.38. The number of amides is 2. The molecule has 1 unspecified atom stereocenters. The number of thiazole rings is 1. The number of carbonyl (C=O) groups is 2. The van der Waals surface area contributed by atoms with Crippen molar-refractivity contribution in [2.24, 2.45) is 0 Å². The lowest BCUT2D eigenvalue weighted by atomic mass is 10.1. The highest BCUT2D eigenvalue weighted by Crippen LogP contribution is 2.29. The molecule has 2 N–H and O–H groups in total. The van der Waals surface area contributed by atoms with Crippen molar-refractivity contribution < 1.29 is 19.1 Å². The standard InChI is InChI=1S/C18H20N4O4S/c23-16(9-15-17(24)20-13-3-1-2-4-14(13)26-15)21-18-19-12(11-27-18)10-22-5-7-25-8-6-22/h1-4,11,15H,5-10H2,(H,20,24)(H,19,21,23). The lowest BCUT2D eigenvalue weighted by Gasteiger charge is -2.25. The fourth-order valence-corrected chi connectivity index (χ4v) is 3.71. The molecule has 1 atom stereocenters. The second kappa shape index (κ2) is 8.03. The van der Waals surface area contributed by atoms with E-state index in [0.29, 0.717) is 16.6 Å². The van der Waals surface area contributed by atoms with E-state index in [2.05, 4.69) is 20.5 Å². The molecule has 0 aliphatic carbocycles. The molecule has 2 amide bonds. The van der Waals surface area contributed by atoms with E-state index in [0.717, 1.165) is 38.5 Å². The monoisotopic (exact) mass is 388 g/mol. The maximum Gasteiger partial charge on any atom is 0.266 e. The molecule has 27 heavy (non-hydrogen) atoms. The fraction of sp³-hybridized carbons (Fsp3) is 0.389. The van der Waals surface area contributed by atoms with E-state index in [1.165, 1.54) is 11.3 Å². The summed E-state index contributed by atoms with van der Waals surface area (Å²) in [6, 6.07) is 7.15. The Hall–Kier alpha value is -2.49. The minimum absolute atomic E-state index is 0.0709. The Morgan fingerprint density at radius 3 is 3.00 bits per heavy atom. The first-order valence-corrected chi connectivity index (χ1v) is 9.66. The van der Waals surface area contributed by atoms with E-state index >= 15 is 0 Å². The van der Waals surface area contributed by atoms with Gasteiger partial charge in [0.05, 0.1) is 31.0 Å². The number of nitrogens with one attached hydrogen (secondary N) is 2. The summed E-state index contributed by atoms with van der Waals surface area (Å²) in [5.41, 5.74) is 1.53. The lowest BCUT2D eigenvalue weighted by Crippen LogP contribution is -2.39. The molecular weight excluding hydrogens is 368 g/mol. The zero-order chi connectivity index (χ0) is 18.6. The van der Waals surface area contributed by atoms with Crippen LogP contribution in [0, 0.1) is 0 Å². The third-order valence-corrected chi connectivity index (χ3v) is 5.17. The normalized spacial score (nSPS) is 19.7. The van der Waals surface area contributed by atoms with Gasteiger partial charge in [0.25, 0.3) is 5.91 Å². The maximum absolute atomic E-state index is 12.3. The molecule has 2 aliphatic rings. The van der Waals surface area contributed by atoms with Gasteiger partial charge in [-0.2, -0.15) is 0 Å². The van der Waals surface area contributed by atoms with E-state index in [-0.39, 0.29) is 18.2 Å². The van der Waals surface area contributed by atoms with Crippen molar-refractivity contribution in [3.05, 3.63) is 35.3 Å². The molecule has 1 aromatic carbocycles. The van der Waals surface area contributed by atoms with Crippen LogP contribution in [0.25, 0.3) is 0 Å². The minimum Gasteiger partial charge on any atom is -0.478 e. The Labute approximate surface area is 160 Å². The quantitative estimate of drug-likeness (QED) is 0.810. The van der Waals surface area contributed by atoms with Crippen molar-refractivity contribution in [2.75, 3.05) is 36.9 Å². The van der Waals surface area contributed by atoms with E-state index in [9.17, 15) is 9.59 Å². The number of rotatable bonds is 5. The first-order chi connectivity index (χ1) is 13.2. The molecule has 9 heteroatoms. The number of hydrogen-bond donors (Lipinski definition) is 2. The average Bonchev–Trinajstić information content (AvgIpc) is 3.10. The number of anilines is 2. The van der Waals surface area contributed by atoms with Crippen LogP contribution in [-0.2, 0) is 20.9 Å². The van der Waals surface area contributed by atoms with Crippen LogP contribution in [-0.4, -0.2) is 54.1 Å². The summed E-state index contributed by atoms with van der Waals surface area (Å²) in [5, 5.41) is 7.98. The zero-order valence-electron chi connectivity index (χ0n) is 14.6. The van der Waals surface area contributed by atoms with Crippen molar-refractivity contribution >= 4 is 34.0 Å². The predicted molar refractivity (Wildman–Crippen MR) is 101 cm³/mol. The van der Waals surface area contributed by atoms with Crippen molar-refractivity contribution in [1.29, 1.82) is 0 Å². The van der Waals surface area contributed by atoms with Gasteiger partial charge in [-0.3, -0.25) is 14.5 Å². The Bertz CT molecular complexity index is 834. The van der Waals surface area contributed by atoms with Gasteiger partial charge in [0.2, 0.25) is 5.91 Å². The zero-order valence-corrected chi connectivity index (χ0v) is 15.5. The van der Waals surface area contributed by atoms with E-state index in [4.69, 9.17) is 9.47 Å². The number of carbonyl (C=O) groups excluding carboxylic acids is 2. The Balaban J connectivity index is 1.31. The molecule has 2 aromatic rings. The van der Waals surface area contributed by atoms with Crippen LogP contribution in [0.4, 0.5) is 10.8 Å². The van der Waals surface area contributed by atoms with Crippen LogP contribution >= 0.6 is 11.3 Å². The van der Waals surface area contributed by atoms with Crippen LogP contribution in [0.3, 0.4) is 0 Å². The molecule has 3 heterocycles. The van der Waals surface area contributed by atoms with Crippen LogP contribution in [0.15, 0.2) is 29.6 Å². The molecule has 0 saturated carbocycles. The maximum atomic E-state index is 12.3. The molecule has 1 saturated heterocycles. The summed E-state index contributed by atoms with van der Waals surface area (Å²) < 4.78 is 11.0. The highest BCUT2D eigenvalue weighted by molar-refractivity contribution is 7.13. The summed E-state index contributed by atoms with van der Waals surface area (Å²) in [6.07, 6.45) is -0.925. The molecule has 1 fully saturated rings. The first-order valence-electron chi connectivity index (χ1n) is 8.78. The smallest absolute Gasteiger partial charge is 0.266 e. The van der Waals surface area contributed by atoms with Crippen molar-refractivity contribution in [2.45, 2.75) is 19.1 Å².